The van der Waals surface area contributed by atoms with E-state index in [-0.39, 0.29) is 18.3 Å². The van der Waals surface area contributed by atoms with Gasteiger partial charge in [0.25, 0.3) is 5.91 Å². The van der Waals surface area contributed by atoms with Crippen molar-refractivity contribution in [1.82, 2.24) is 20.0 Å². The zero-order valence-corrected chi connectivity index (χ0v) is 16.4. The van der Waals surface area contributed by atoms with Gasteiger partial charge in [-0.05, 0) is 54.4 Å². The normalized spacial score (nSPS) is 16.2. The smallest absolute Gasteiger partial charge is 0.250 e. The number of rotatable bonds is 4. The van der Waals surface area contributed by atoms with Crippen LogP contribution in [0.25, 0.3) is 10.1 Å². The topological polar surface area (TPSA) is 50.2 Å². The van der Waals surface area contributed by atoms with Gasteiger partial charge >= 0.3 is 0 Å². The highest BCUT2D eigenvalue weighted by Gasteiger charge is 2.43. The average Bonchev–Trinajstić information content (AvgIpc) is 3.32. The fourth-order valence-electron chi connectivity index (χ4n) is 3.74. The van der Waals surface area contributed by atoms with Gasteiger partial charge in [-0.2, -0.15) is 5.10 Å². The molecule has 1 saturated heterocycles. The van der Waals surface area contributed by atoms with Crippen molar-refractivity contribution in [2.45, 2.75) is 24.9 Å². The van der Waals surface area contributed by atoms with Crippen LogP contribution in [0.5, 0.6) is 0 Å². The lowest BCUT2D eigenvalue weighted by Crippen LogP contribution is -2.54. The Morgan fingerprint density at radius 3 is 2.81 bits per heavy atom. The Bertz CT molecular complexity index is 871. The molecule has 0 unspecified atom stereocenters. The van der Waals surface area contributed by atoms with Crippen LogP contribution < -0.4 is 5.32 Å². The largest absolute Gasteiger partial charge is 0.339 e. The van der Waals surface area contributed by atoms with Crippen LogP contribution in [0, 0.1) is 0 Å². The highest BCUT2D eigenvalue weighted by Crippen LogP contribution is 2.31. The molecule has 0 bridgehead atoms. The maximum absolute atomic E-state index is 13.4. The van der Waals surface area contributed by atoms with Crippen LogP contribution in [0.2, 0.25) is 0 Å². The summed E-state index contributed by atoms with van der Waals surface area (Å²) in [7, 11) is 1.90. The summed E-state index contributed by atoms with van der Waals surface area (Å²) in [6.07, 6.45) is 5.20. The first-order valence-electron chi connectivity index (χ1n) is 8.62. The van der Waals surface area contributed by atoms with Crippen LogP contribution in [-0.4, -0.2) is 40.7 Å². The van der Waals surface area contributed by atoms with E-state index in [9.17, 15) is 4.79 Å². The molecular formula is C19H23ClN4OS. The van der Waals surface area contributed by atoms with E-state index in [4.69, 9.17) is 0 Å². The number of carbonyl (C=O) groups excluding carboxylic acids is 1. The minimum absolute atomic E-state index is 0. The van der Waals surface area contributed by atoms with Crippen LogP contribution in [0.4, 0.5) is 0 Å². The Kier molecular flexibility index (Phi) is 5.65. The van der Waals surface area contributed by atoms with Crippen molar-refractivity contribution in [3.8, 4) is 0 Å². The first-order valence-corrected chi connectivity index (χ1v) is 9.50. The first kappa shape index (κ1) is 18.9. The number of carbonyl (C=O) groups is 1. The fraction of sp³-hybridized carbons (Fsp3) is 0.368. The zero-order valence-electron chi connectivity index (χ0n) is 14.7. The predicted octanol–water partition coefficient (Wildman–Crippen LogP) is 3.26. The van der Waals surface area contributed by atoms with Crippen LogP contribution in [-0.2, 0) is 16.9 Å². The molecule has 0 spiro atoms. The highest BCUT2D eigenvalue weighted by atomic mass is 35.5. The summed E-state index contributed by atoms with van der Waals surface area (Å²) < 4.78 is 3.13. The van der Waals surface area contributed by atoms with Gasteiger partial charge in [0, 0.05) is 30.7 Å². The van der Waals surface area contributed by atoms with Gasteiger partial charge in [-0.25, -0.2) is 0 Å². The number of hydrogen-bond donors (Lipinski definition) is 1. The molecule has 3 aromatic rings. The zero-order chi connectivity index (χ0) is 17.3. The summed E-state index contributed by atoms with van der Waals surface area (Å²) in [4.78, 5) is 15.3. The number of hydrogen-bond acceptors (Lipinski definition) is 4. The number of thiophene rings is 1. The van der Waals surface area contributed by atoms with Crippen molar-refractivity contribution in [2.24, 2.45) is 0 Å². The van der Waals surface area contributed by atoms with Crippen molar-refractivity contribution in [3.05, 3.63) is 53.7 Å². The lowest BCUT2D eigenvalue weighted by molar-refractivity contribution is -0.142. The van der Waals surface area contributed by atoms with Gasteiger partial charge in [0.05, 0.1) is 0 Å². The van der Waals surface area contributed by atoms with E-state index >= 15 is 0 Å². The molecule has 26 heavy (non-hydrogen) atoms. The van der Waals surface area contributed by atoms with Gasteiger partial charge in [-0.3, -0.25) is 9.48 Å². The van der Waals surface area contributed by atoms with Gasteiger partial charge in [0.1, 0.15) is 5.54 Å². The van der Waals surface area contributed by atoms with Gasteiger partial charge in [0.2, 0.25) is 0 Å². The molecule has 1 fully saturated rings. The first-order chi connectivity index (χ1) is 12.2. The number of aromatic nitrogens is 2. The Morgan fingerprint density at radius 1 is 1.31 bits per heavy atom. The monoisotopic (exact) mass is 390 g/mol. The molecule has 2 aromatic heterocycles. The molecule has 1 aliphatic rings. The Morgan fingerprint density at radius 2 is 2.08 bits per heavy atom. The second-order valence-electron chi connectivity index (χ2n) is 6.65. The third kappa shape index (κ3) is 3.24. The van der Waals surface area contributed by atoms with Crippen molar-refractivity contribution in [3.63, 3.8) is 0 Å². The fourth-order valence-corrected chi connectivity index (χ4v) is 4.70. The highest BCUT2D eigenvalue weighted by molar-refractivity contribution is 7.17. The number of fused-ring (bicyclic) bond motifs is 1. The number of halogens is 1. The Balaban J connectivity index is 0.00000196. The van der Waals surface area contributed by atoms with Crippen LogP contribution >= 0.6 is 23.7 Å². The standard InChI is InChI=1S/C19H22N4OS.ClH/c1-22(13-15-14-25-17-6-3-2-5-16(15)17)18(24)19(7-10-20-11-8-19)23-12-4-9-21-23;/h2-6,9,12,14,20H,7-8,10-11,13H2,1H3;1H. The number of benzene rings is 1. The lowest BCUT2D eigenvalue weighted by atomic mass is 9.86. The molecule has 0 saturated carbocycles. The Labute approximate surface area is 163 Å². The maximum atomic E-state index is 13.4. The summed E-state index contributed by atoms with van der Waals surface area (Å²) in [5, 5.41) is 11.2. The molecule has 1 N–H and O–H groups in total. The van der Waals surface area contributed by atoms with Gasteiger partial charge in [0.15, 0.2) is 0 Å². The van der Waals surface area contributed by atoms with Gasteiger partial charge in [-0.15, -0.1) is 23.7 Å². The molecule has 0 radical (unpaired) electrons. The third-order valence-corrected chi connectivity index (χ3v) is 6.10. The van der Waals surface area contributed by atoms with E-state index in [1.54, 1.807) is 17.5 Å². The van der Waals surface area contributed by atoms with E-state index < -0.39 is 5.54 Å². The predicted molar refractivity (Wildman–Crippen MR) is 108 cm³/mol. The summed E-state index contributed by atoms with van der Waals surface area (Å²) in [5.74, 6) is 0.146. The average molecular weight is 391 g/mol. The second-order valence-corrected chi connectivity index (χ2v) is 7.56. The molecule has 3 heterocycles. The molecule has 1 aliphatic heterocycles. The number of amides is 1. The minimum Gasteiger partial charge on any atom is -0.339 e. The lowest BCUT2D eigenvalue weighted by Gasteiger charge is -2.39. The second kappa shape index (κ2) is 7.78. The summed E-state index contributed by atoms with van der Waals surface area (Å²) in [6.45, 7) is 2.29. The van der Waals surface area contributed by atoms with Gasteiger partial charge < -0.3 is 10.2 Å². The Hall–Kier alpha value is -1.89. The molecule has 0 aliphatic carbocycles. The summed E-state index contributed by atoms with van der Waals surface area (Å²) >= 11 is 1.73. The minimum atomic E-state index is -0.574. The van der Waals surface area contributed by atoms with Crippen LogP contribution in [0.15, 0.2) is 48.1 Å². The quantitative estimate of drug-likeness (QED) is 0.743. The van der Waals surface area contributed by atoms with Crippen molar-refractivity contribution in [1.29, 1.82) is 0 Å². The SMILES string of the molecule is CN(Cc1csc2ccccc12)C(=O)C1(n2cccn2)CCNCC1.Cl. The van der Waals surface area contributed by atoms with Crippen molar-refractivity contribution in [2.75, 3.05) is 20.1 Å². The van der Waals surface area contributed by atoms with E-state index in [2.05, 4.69) is 40.1 Å². The molecule has 138 valence electrons. The summed E-state index contributed by atoms with van der Waals surface area (Å²) in [5.41, 5.74) is 0.635. The molecule has 0 atom stereocenters. The van der Waals surface area contributed by atoms with E-state index in [1.165, 1.54) is 15.6 Å². The number of nitrogens with zero attached hydrogens (tertiary/aromatic N) is 3. The van der Waals surface area contributed by atoms with E-state index in [0.717, 1.165) is 25.9 Å². The molecule has 1 amide bonds. The van der Waals surface area contributed by atoms with E-state index in [1.807, 2.05) is 28.9 Å². The molecular weight excluding hydrogens is 368 g/mol. The van der Waals surface area contributed by atoms with Gasteiger partial charge in [-0.1, -0.05) is 18.2 Å². The molecule has 1 aromatic carbocycles. The molecule has 4 rings (SSSR count). The number of nitrogens with one attached hydrogen (secondary N) is 1. The van der Waals surface area contributed by atoms with Crippen LogP contribution in [0.1, 0.15) is 18.4 Å². The van der Waals surface area contributed by atoms with Crippen molar-refractivity contribution < 1.29 is 4.79 Å². The maximum Gasteiger partial charge on any atom is 0.250 e. The van der Waals surface area contributed by atoms with Crippen molar-refractivity contribution >= 4 is 39.7 Å². The molecule has 5 nitrogen and oxygen atoms in total. The van der Waals surface area contributed by atoms with E-state index in [0.29, 0.717) is 6.54 Å². The summed E-state index contributed by atoms with van der Waals surface area (Å²) in [6, 6.07) is 10.3. The number of likely N-dealkylation sites (N-methyl/N-ethyl adjacent to an activating group) is 1. The molecule has 7 heteroatoms. The van der Waals surface area contributed by atoms with Crippen LogP contribution in [0.3, 0.4) is 0 Å². The third-order valence-electron chi connectivity index (χ3n) is 5.09. The number of piperidine rings is 1.